The minimum Gasteiger partial charge on any atom is -0.338 e. The van der Waals surface area contributed by atoms with Gasteiger partial charge in [0, 0.05) is 36.9 Å². The van der Waals surface area contributed by atoms with Crippen molar-refractivity contribution >= 4 is 17.1 Å². The number of fused-ring (bicyclic) bond motifs is 1. The summed E-state index contributed by atoms with van der Waals surface area (Å²) >= 11 is 0. The van der Waals surface area contributed by atoms with Gasteiger partial charge in [-0.2, -0.15) is 0 Å². The first-order valence-corrected chi connectivity index (χ1v) is 7.62. The lowest BCUT2D eigenvalue weighted by atomic mass is 10.1. The molecule has 2 aromatic rings. The molecule has 2 heterocycles. The van der Waals surface area contributed by atoms with Crippen LogP contribution in [-0.2, 0) is 13.0 Å². The number of urea groups is 1. The number of hydrogen-bond acceptors (Lipinski definition) is 2. The van der Waals surface area contributed by atoms with Gasteiger partial charge in [0.25, 0.3) is 0 Å². The summed E-state index contributed by atoms with van der Waals surface area (Å²) in [4.78, 5) is 16.1. The van der Waals surface area contributed by atoms with Crippen LogP contribution in [0.15, 0.2) is 24.5 Å². The van der Waals surface area contributed by atoms with Crippen molar-refractivity contribution in [1.82, 2.24) is 20.2 Å². The fourth-order valence-electron chi connectivity index (χ4n) is 2.32. The van der Waals surface area contributed by atoms with E-state index >= 15 is 0 Å². The van der Waals surface area contributed by atoms with Gasteiger partial charge in [0.05, 0.1) is 0 Å². The Bertz CT molecular complexity index is 605. The molecule has 2 amide bonds. The van der Waals surface area contributed by atoms with E-state index in [0.717, 1.165) is 25.0 Å². The first-order valence-electron chi connectivity index (χ1n) is 7.62. The normalized spacial score (nSPS) is 12.3. The van der Waals surface area contributed by atoms with E-state index in [9.17, 15) is 4.79 Å². The summed E-state index contributed by atoms with van der Waals surface area (Å²) in [5.74, 6) is 0. The molecular weight excluding hydrogens is 264 g/mol. The van der Waals surface area contributed by atoms with Crippen LogP contribution in [0.4, 0.5) is 4.79 Å². The molecule has 0 aliphatic carbocycles. The first kappa shape index (κ1) is 15.4. The third-order valence-electron chi connectivity index (χ3n) is 3.73. The van der Waals surface area contributed by atoms with Crippen LogP contribution < -0.4 is 10.6 Å². The Morgan fingerprint density at radius 3 is 2.95 bits per heavy atom. The van der Waals surface area contributed by atoms with Gasteiger partial charge >= 0.3 is 6.03 Å². The highest BCUT2D eigenvalue weighted by Gasteiger charge is 2.09. The molecular formula is C16H24N4O. The number of nitrogens with zero attached hydrogens (tertiary/aromatic N) is 2. The van der Waals surface area contributed by atoms with Gasteiger partial charge in [0.1, 0.15) is 5.65 Å². The lowest BCUT2D eigenvalue weighted by Crippen LogP contribution is -2.41. The molecule has 1 atom stereocenters. The van der Waals surface area contributed by atoms with E-state index < -0.39 is 0 Å². The number of carbonyl (C=O) groups is 1. The number of amides is 2. The standard InChI is InChI=1S/C16H24N4O/c1-4-12(3)19-16(21)18-10-8-13-11-20(5-2)15-14(13)7-6-9-17-15/h6-7,9,11-12H,4-5,8,10H2,1-3H3,(H2,18,19,21). The Morgan fingerprint density at radius 1 is 1.43 bits per heavy atom. The molecule has 0 fully saturated rings. The largest absolute Gasteiger partial charge is 0.338 e. The third kappa shape index (κ3) is 3.74. The number of rotatable bonds is 6. The molecule has 0 radical (unpaired) electrons. The van der Waals surface area contributed by atoms with E-state index in [1.807, 2.05) is 19.2 Å². The second-order valence-electron chi connectivity index (χ2n) is 5.27. The van der Waals surface area contributed by atoms with Crippen LogP contribution >= 0.6 is 0 Å². The average molecular weight is 288 g/mol. The van der Waals surface area contributed by atoms with E-state index in [4.69, 9.17) is 0 Å². The van der Waals surface area contributed by atoms with Crippen LogP contribution in [0.1, 0.15) is 32.8 Å². The summed E-state index contributed by atoms with van der Waals surface area (Å²) in [7, 11) is 0. The summed E-state index contributed by atoms with van der Waals surface area (Å²) < 4.78 is 2.14. The van der Waals surface area contributed by atoms with Gasteiger partial charge in [-0.15, -0.1) is 0 Å². The number of aryl methyl sites for hydroxylation is 1. The molecule has 0 spiro atoms. The molecule has 0 aliphatic heterocycles. The molecule has 0 aromatic carbocycles. The second-order valence-corrected chi connectivity index (χ2v) is 5.27. The Balaban J connectivity index is 1.96. The molecule has 0 aliphatic rings. The third-order valence-corrected chi connectivity index (χ3v) is 3.73. The maximum absolute atomic E-state index is 11.7. The molecule has 2 N–H and O–H groups in total. The minimum absolute atomic E-state index is 0.0956. The molecule has 0 saturated heterocycles. The predicted molar refractivity (Wildman–Crippen MR) is 85.4 cm³/mol. The van der Waals surface area contributed by atoms with Crippen LogP contribution in [0.5, 0.6) is 0 Å². The maximum atomic E-state index is 11.7. The molecule has 1 unspecified atom stereocenters. The van der Waals surface area contributed by atoms with E-state index in [0.29, 0.717) is 6.54 Å². The minimum atomic E-state index is -0.0956. The molecule has 0 bridgehead atoms. The van der Waals surface area contributed by atoms with Crippen molar-refractivity contribution in [2.24, 2.45) is 0 Å². The molecule has 114 valence electrons. The zero-order chi connectivity index (χ0) is 15.2. The summed E-state index contributed by atoms with van der Waals surface area (Å²) in [6.07, 6.45) is 5.69. The van der Waals surface area contributed by atoms with Gasteiger partial charge in [0.2, 0.25) is 0 Å². The van der Waals surface area contributed by atoms with Crippen LogP contribution in [-0.4, -0.2) is 28.2 Å². The molecule has 5 nitrogen and oxygen atoms in total. The smallest absolute Gasteiger partial charge is 0.315 e. The monoisotopic (exact) mass is 288 g/mol. The molecule has 5 heteroatoms. The Morgan fingerprint density at radius 2 is 2.24 bits per heavy atom. The zero-order valence-corrected chi connectivity index (χ0v) is 13.0. The summed E-state index contributed by atoms with van der Waals surface area (Å²) in [6, 6.07) is 4.15. The van der Waals surface area contributed by atoms with E-state index in [-0.39, 0.29) is 12.1 Å². The van der Waals surface area contributed by atoms with Crippen molar-refractivity contribution < 1.29 is 4.79 Å². The fourth-order valence-corrected chi connectivity index (χ4v) is 2.32. The van der Waals surface area contributed by atoms with Gasteiger partial charge < -0.3 is 15.2 Å². The Hall–Kier alpha value is -2.04. The van der Waals surface area contributed by atoms with Gasteiger partial charge in [-0.25, -0.2) is 9.78 Å². The van der Waals surface area contributed by atoms with Gasteiger partial charge in [0.15, 0.2) is 0 Å². The number of carbonyl (C=O) groups excluding carboxylic acids is 1. The van der Waals surface area contributed by atoms with Crippen LogP contribution in [0, 0.1) is 0 Å². The van der Waals surface area contributed by atoms with Crippen LogP contribution in [0.3, 0.4) is 0 Å². The number of aromatic nitrogens is 2. The number of pyridine rings is 1. The number of nitrogens with one attached hydrogen (secondary N) is 2. The summed E-state index contributed by atoms with van der Waals surface area (Å²) in [5, 5.41) is 6.98. The first-order chi connectivity index (χ1) is 10.2. The summed E-state index contributed by atoms with van der Waals surface area (Å²) in [5.41, 5.74) is 2.24. The van der Waals surface area contributed by atoms with Crippen molar-refractivity contribution in [2.75, 3.05) is 6.54 Å². The maximum Gasteiger partial charge on any atom is 0.315 e. The molecule has 21 heavy (non-hydrogen) atoms. The average Bonchev–Trinajstić information content (AvgIpc) is 2.85. The van der Waals surface area contributed by atoms with E-state index in [1.165, 1.54) is 10.9 Å². The SMILES string of the molecule is CCC(C)NC(=O)NCCc1cn(CC)c2ncccc12. The van der Waals surface area contributed by atoms with Gasteiger partial charge in [-0.3, -0.25) is 0 Å². The topological polar surface area (TPSA) is 59.0 Å². The van der Waals surface area contributed by atoms with Crippen molar-refractivity contribution in [1.29, 1.82) is 0 Å². The van der Waals surface area contributed by atoms with E-state index in [2.05, 4.69) is 46.3 Å². The lowest BCUT2D eigenvalue weighted by molar-refractivity contribution is 0.237. The molecule has 0 saturated carbocycles. The van der Waals surface area contributed by atoms with Crippen molar-refractivity contribution in [3.63, 3.8) is 0 Å². The quantitative estimate of drug-likeness (QED) is 0.858. The highest BCUT2D eigenvalue weighted by molar-refractivity contribution is 5.80. The fraction of sp³-hybridized carbons (Fsp3) is 0.500. The van der Waals surface area contributed by atoms with E-state index in [1.54, 1.807) is 0 Å². The number of hydrogen-bond donors (Lipinski definition) is 2. The molecule has 2 rings (SSSR count). The second kappa shape index (κ2) is 7.11. The van der Waals surface area contributed by atoms with Crippen LogP contribution in [0.2, 0.25) is 0 Å². The highest BCUT2D eigenvalue weighted by atomic mass is 16.2. The molecule has 2 aromatic heterocycles. The zero-order valence-electron chi connectivity index (χ0n) is 13.0. The van der Waals surface area contributed by atoms with Gasteiger partial charge in [-0.1, -0.05) is 6.92 Å². The van der Waals surface area contributed by atoms with Crippen molar-refractivity contribution in [3.05, 3.63) is 30.1 Å². The Labute approximate surface area is 125 Å². The lowest BCUT2D eigenvalue weighted by Gasteiger charge is -2.12. The predicted octanol–water partition coefficient (Wildman–Crippen LogP) is 2.70. The van der Waals surface area contributed by atoms with Crippen LogP contribution in [0.25, 0.3) is 11.0 Å². The van der Waals surface area contributed by atoms with Crippen molar-refractivity contribution in [3.8, 4) is 0 Å². The van der Waals surface area contributed by atoms with Gasteiger partial charge in [-0.05, 0) is 44.4 Å². The summed E-state index contributed by atoms with van der Waals surface area (Å²) in [6.45, 7) is 7.68. The van der Waals surface area contributed by atoms with Crippen molar-refractivity contribution in [2.45, 2.75) is 46.2 Å². The highest BCUT2D eigenvalue weighted by Crippen LogP contribution is 2.19. The Kier molecular flexibility index (Phi) is 5.20.